The largest absolute Gasteiger partial charge is 0.375 e. The van der Waals surface area contributed by atoms with Crippen molar-refractivity contribution in [2.75, 3.05) is 0 Å². The third-order valence-electron chi connectivity index (χ3n) is 1.56. The molecular weight excluding hydrogens is 244 g/mol. The van der Waals surface area contributed by atoms with Gasteiger partial charge in [-0.15, -0.1) is 0 Å². The van der Waals surface area contributed by atoms with Gasteiger partial charge in [0.15, 0.2) is 10.2 Å². The Morgan fingerprint density at radius 3 is 2.31 bits per heavy atom. The van der Waals surface area contributed by atoms with Crippen molar-refractivity contribution in [1.29, 1.82) is 0 Å². The van der Waals surface area contributed by atoms with E-state index in [1.807, 2.05) is 6.07 Å². The van der Waals surface area contributed by atoms with E-state index in [-0.39, 0.29) is 16.1 Å². The number of amides is 1. The SMILES string of the molecule is NC(=S)NNC(=S)NC(=O)c1ccccc1. The molecule has 84 valence electrons. The smallest absolute Gasteiger partial charge is 0.257 e. The number of hydrazine groups is 1. The van der Waals surface area contributed by atoms with Crippen LogP contribution in [0.5, 0.6) is 0 Å². The summed E-state index contributed by atoms with van der Waals surface area (Å²) in [4.78, 5) is 11.6. The second kappa shape index (κ2) is 5.99. The fraction of sp³-hybridized carbons (Fsp3) is 0. The highest BCUT2D eigenvalue weighted by atomic mass is 32.1. The van der Waals surface area contributed by atoms with Crippen LogP contribution in [0.3, 0.4) is 0 Å². The standard InChI is InChI=1S/C9H10N4OS2/c10-8(15)12-13-9(16)11-7(14)6-4-2-1-3-5-6/h1-5H,(H3,10,12,15)(H2,11,13,14,16). The summed E-state index contributed by atoms with van der Waals surface area (Å²) in [5.41, 5.74) is 10.6. The monoisotopic (exact) mass is 254 g/mol. The first-order chi connectivity index (χ1) is 7.59. The molecule has 7 heteroatoms. The van der Waals surface area contributed by atoms with E-state index >= 15 is 0 Å². The normalized spacial score (nSPS) is 9.00. The topological polar surface area (TPSA) is 79.2 Å². The molecule has 0 saturated carbocycles. The number of thiocarbonyl (C=S) groups is 2. The molecule has 1 aromatic carbocycles. The fourth-order valence-electron chi connectivity index (χ4n) is 0.914. The maximum atomic E-state index is 11.6. The van der Waals surface area contributed by atoms with Crippen LogP contribution in [0, 0.1) is 0 Å². The summed E-state index contributed by atoms with van der Waals surface area (Å²) in [5, 5.41) is 2.59. The molecule has 0 unspecified atom stereocenters. The third-order valence-corrected chi connectivity index (χ3v) is 1.87. The van der Waals surface area contributed by atoms with Crippen LogP contribution in [0.1, 0.15) is 10.4 Å². The van der Waals surface area contributed by atoms with Gasteiger partial charge in [-0.3, -0.25) is 21.0 Å². The summed E-state index contributed by atoms with van der Waals surface area (Å²) < 4.78 is 0. The van der Waals surface area contributed by atoms with E-state index in [0.29, 0.717) is 5.56 Å². The predicted octanol–water partition coefficient (Wildman–Crippen LogP) is 0.0391. The molecule has 0 spiro atoms. The molecule has 0 aliphatic rings. The molecular formula is C9H10N4OS2. The van der Waals surface area contributed by atoms with E-state index in [1.165, 1.54) is 0 Å². The zero-order valence-electron chi connectivity index (χ0n) is 8.19. The Kier molecular flexibility index (Phi) is 4.62. The van der Waals surface area contributed by atoms with Gasteiger partial charge in [0.2, 0.25) is 0 Å². The molecule has 16 heavy (non-hydrogen) atoms. The zero-order chi connectivity index (χ0) is 12.0. The number of nitrogens with one attached hydrogen (secondary N) is 3. The fourth-order valence-corrected chi connectivity index (χ4v) is 1.11. The Balaban J connectivity index is 2.46. The van der Waals surface area contributed by atoms with Crippen LogP contribution in [0.2, 0.25) is 0 Å². The van der Waals surface area contributed by atoms with Crippen molar-refractivity contribution in [2.45, 2.75) is 0 Å². The highest BCUT2D eigenvalue weighted by Gasteiger charge is 2.05. The van der Waals surface area contributed by atoms with Crippen LogP contribution in [0.4, 0.5) is 0 Å². The highest BCUT2D eigenvalue weighted by Crippen LogP contribution is 1.97. The summed E-state index contributed by atoms with van der Waals surface area (Å²) in [6.45, 7) is 0. The van der Waals surface area contributed by atoms with Crippen molar-refractivity contribution in [1.82, 2.24) is 16.2 Å². The van der Waals surface area contributed by atoms with Gasteiger partial charge in [0.05, 0.1) is 0 Å². The lowest BCUT2D eigenvalue weighted by atomic mass is 10.2. The van der Waals surface area contributed by atoms with Gasteiger partial charge in [0.25, 0.3) is 5.91 Å². The number of rotatable bonds is 1. The Labute approximate surface area is 103 Å². The number of nitrogens with two attached hydrogens (primary N) is 1. The second-order valence-electron chi connectivity index (χ2n) is 2.76. The van der Waals surface area contributed by atoms with Gasteiger partial charge in [-0.2, -0.15) is 0 Å². The van der Waals surface area contributed by atoms with Crippen LogP contribution in [0.25, 0.3) is 0 Å². The van der Waals surface area contributed by atoms with E-state index in [0.717, 1.165) is 0 Å². The van der Waals surface area contributed by atoms with Gasteiger partial charge in [-0.25, -0.2) is 0 Å². The molecule has 1 rings (SSSR count). The molecule has 5 N–H and O–H groups in total. The molecule has 0 atom stereocenters. The van der Waals surface area contributed by atoms with E-state index in [4.69, 9.17) is 18.0 Å². The first-order valence-electron chi connectivity index (χ1n) is 4.31. The molecule has 0 fully saturated rings. The molecule has 0 heterocycles. The highest BCUT2D eigenvalue weighted by molar-refractivity contribution is 7.80. The van der Waals surface area contributed by atoms with Crippen molar-refractivity contribution in [2.24, 2.45) is 5.73 Å². The maximum absolute atomic E-state index is 11.6. The first kappa shape index (κ1) is 12.3. The van der Waals surface area contributed by atoms with E-state index < -0.39 is 0 Å². The zero-order valence-corrected chi connectivity index (χ0v) is 9.82. The number of hydrogen-bond donors (Lipinski definition) is 4. The summed E-state index contributed by atoms with van der Waals surface area (Å²) >= 11 is 9.38. The van der Waals surface area contributed by atoms with E-state index in [2.05, 4.69) is 28.4 Å². The van der Waals surface area contributed by atoms with Crippen LogP contribution in [-0.2, 0) is 0 Å². The van der Waals surface area contributed by atoms with Gasteiger partial charge < -0.3 is 5.73 Å². The Morgan fingerprint density at radius 2 is 1.75 bits per heavy atom. The molecule has 0 radical (unpaired) electrons. The van der Waals surface area contributed by atoms with E-state index in [9.17, 15) is 4.79 Å². The molecule has 0 aliphatic carbocycles. The van der Waals surface area contributed by atoms with Crippen molar-refractivity contribution in [3.63, 3.8) is 0 Å². The number of carbonyl (C=O) groups is 1. The van der Waals surface area contributed by atoms with Crippen molar-refractivity contribution < 1.29 is 4.79 Å². The molecule has 1 aromatic rings. The lowest BCUT2D eigenvalue weighted by Gasteiger charge is -2.09. The van der Waals surface area contributed by atoms with Crippen LogP contribution in [0.15, 0.2) is 30.3 Å². The number of benzene rings is 1. The third kappa shape index (κ3) is 4.20. The van der Waals surface area contributed by atoms with Crippen molar-refractivity contribution in [3.8, 4) is 0 Å². The van der Waals surface area contributed by atoms with Gasteiger partial charge >= 0.3 is 0 Å². The summed E-state index contributed by atoms with van der Waals surface area (Å²) in [7, 11) is 0. The molecule has 5 nitrogen and oxygen atoms in total. The average molecular weight is 254 g/mol. The number of hydrogen-bond acceptors (Lipinski definition) is 3. The minimum Gasteiger partial charge on any atom is -0.375 e. The molecule has 0 aliphatic heterocycles. The summed E-state index contributed by atoms with van der Waals surface area (Å²) in [6, 6.07) is 8.71. The van der Waals surface area contributed by atoms with Gasteiger partial charge in [0.1, 0.15) is 0 Å². The Bertz CT molecular complexity index is 407. The van der Waals surface area contributed by atoms with Crippen molar-refractivity contribution >= 4 is 40.6 Å². The lowest BCUT2D eigenvalue weighted by Crippen LogP contribution is -2.50. The minimum atomic E-state index is -0.303. The predicted molar refractivity (Wildman–Crippen MR) is 69.6 cm³/mol. The van der Waals surface area contributed by atoms with Crippen LogP contribution >= 0.6 is 24.4 Å². The Hall–Kier alpha value is -1.73. The van der Waals surface area contributed by atoms with Gasteiger partial charge in [0, 0.05) is 5.56 Å². The van der Waals surface area contributed by atoms with Crippen LogP contribution in [-0.4, -0.2) is 16.1 Å². The summed E-state index contributed by atoms with van der Waals surface area (Å²) in [5.74, 6) is -0.303. The average Bonchev–Trinajstić information content (AvgIpc) is 2.27. The van der Waals surface area contributed by atoms with Gasteiger partial charge in [-0.05, 0) is 36.6 Å². The quantitative estimate of drug-likeness (QED) is 0.419. The second-order valence-corrected chi connectivity index (χ2v) is 3.61. The summed E-state index contributed by atoms with van der Waals surface area (Å²) in [6.07, 6.45) is 0. The van der Waals surface area contributed by atoms with Crippen LogP contribution < -0.4 is 21.9 Å². The molecule has 1 amide bonds. The first-order valence-corrected chi connectivity index (χ1v) is 5.13. The minimum absolute atomic E-state index is 0.0383. The van der Waals surface area contributed by atoms with Gasteiger partial charge in [-0.1, -0.05) is 18.2 Å². The van der Waals surface area contributed by atoms with E-state index in [1.54, 1.807) is 24.3 Å². The molecule has 0 bridgehead atoms. The molecule has 0 saturated heterocycles. The Morgan fingerprint density at radius 1 is 1.12 bits per heavy atom. The lowest BCUT2D eigenvalue weighted by molar-refractivity contribution is 0.0976. The van der Waals surface area contributed by atoms with Crippen molar-refractivity contribution in [3.05, 3.63) is 35.9 Å². The molecule has 0 aromatic heterocycles. The number of carbonyl (C=O) groups excluding carboxylic acids is 1. The maximum Gasteiger partial charge on any atom is 0.257 e.